The summed E-state index contributed by atoms with van der Waals surface area (Å²) in [4.78, 5) is 14.9. The molecule has 380 valence electrons. The van der Waals surface area contributed by atoms with Crippen molar-refractivity contribution in [2.75, 3.05) is 0 Å². The van der Waals surface area contributed by atoms with Gasteiger partial charge < -0.3 is 4.57 Å². The average Bonchev–Trinajstić information content (AvgIpc) is 3.86. The minimum absolute atomic E-state index is 0.0555. The monoisotopic (exact) mass is 1050 g/mol. The SMILES string of the molecule is Cc1ccc(-c2ccc3c(c2)c2cc(-c4ccc(C(F)(F)F)cc4C(F)(F)F)ccc2n3-c2c(-c3cccc(C#N)c3)cc(-c3nc(-c4ccccc4)nc(-c4ccccc4)n3)cc2-c2cccc(C#N)c2)c(C(F)(F)F)c1. The van der Waals surface area contributed by atoms with Crippen LogP contribution in [0.5, 0.6) is 0 Å². The van der Waals surface area contributed by atoms with Crippen molar-refractivity contribution in [3.8, 4) is 96.5 Å². The Morgan fingerprint density at radius 2 is 0.795 bits per heavy atom. The zero-order valence-corrected chi connectivity index (χ0v) is 40.6. The maximum Gasteiger partial charge on any atom is 0.417 e. The van der Waals surface area contributed by atoms with Crippen molar-refractivity contribution >= 4 is 21.8 Å². The Bertz CT molecular complexity index is 4120. The number of hydrogen-bond donors (Lipinski definition) is 0. The van der Waals surface area contributed by atoms with Gasteiger partial charge in [0.05, 0.1) is 56.7 Å². The average molecular weight is 1050 g/mol. The molecule has 0 aliphatic rings. The number of hydrogen-bond acceptors (Lipinski definition) is 5. The summed E-state index contributed by atoms with van der Waals surface area (Å²) in [7, 11) is 0. The molecule has 0 saturated carbocycles. The van der Waals surface area contributed by atoms with Crippen LogP contribution >= 0.6 is 0 Å². The molecule has 6 nitrogen and oxygen atoms in total. The fourth-order valence-corrected chi connectivity index (χ4v) is 9.85. The van der Waals surface area contributed by atoms with Crippen LogP contribution in [-0.2, 0) is 18.5 Å². The Kier molecular flexibility index (Phi) is 12.5. The van der Waals surface area contributed by atoms with Crippen molar-refractivity contribution in [3.05, 3.63) is 228 Å². The van der Waals surface area contributed by atoms with E-state index in [0.717, 1.165) is 12.1 Å². The van der Waals surface area contributed by atoms with E-state index in [0.29, 0.717) is 78.9 Å². The third kappa shape index (κ3) is 9.47. The molecule has 0 bridgehead atoms. The Morgan fingerprint density at radius 1 is 0.372 bits per heavy atom. The molecular formula is C63H35F9N6. The molecule has 11 aromatic rings. The first-order chi connectivity index (χ1) is 37.4. The third-order valence-corrected chi connectivity index (χ3v) is 13.4. The Labute approximate surface area is 439 Å². The zero-order valence-electron chi connectivity index (χ0n) is 40.6. The number of alkyl halides is 9. The van der Waals surface area contributed by atoms with Crippen LogP contribution in [0.15, 0.2) is 194 Å². The van der Waals surface area contributed by atoms with E-state index in [9.17, 15) is 50.0 Å². The normalized spacial score (nSPS) is 11.9. The lowest BCUT2D eigenvalue weighted by Gasteiger charge is -2.21. The minimum atomic E-state index is -5.24. The van der Waals surface area contributed by atoms with Crippen molar-refractivity contribution in [3.63, 3.8) is 0 Å². The highest BCUT2D eigenvalue weighted by Gasteiger charge is 2.39. The van der Waals surface area contributed by atoms with Crippen molar-refractivity contribution < 1.29 is 39.5 Å². The van der Waals surface area contributed by atoms with Gasteiger partial charge in [-0.15, -0.1) is 0 Å². The molecule has 0 radical (unpaired) electrons. The van der Waals surface area contributed by atoms with E-state index < -0.39 is 40.8 Å². The molecular weight excluding hydrogens is 1010 g/mol. The molecule has 0 N–H and O–H groups in total. The maximum atomic E-state index is 14.9. The molecule has 11 rings (SSSR count). The smallest absolute Gasteiger partial charge is 0.308 e. The summed E-state index contributed by atoms with van der Waals surface area (Å²) < 4.78 is 133. The first-order valence-electron chi connectivity index (χ1n) is 24.0. The van der Waals surface area contributed by atoms with Gasteiger partial charge in [-0.1, -0.05) is 121 Å². The molecule has 78 heavy (non-hydrogen) atoms. The summed E-state index contributed by atoms with van der Waals surface area (Å²) in [5.74, 6) is 0.932. The van der Waals surface area contributed by atoms with E-state index in [4.69, 9.17) is 15.0 Å². The van der Waals surface area contributed by atoms with E-state index in [1.54, 1.807) is 59.2 Å². The predicted molar refractivity (Wildman–Crippen MR) is 281 cm³/mol. The number of benzene rings is 9. The van der Waals surface area contributed by atoms with Crippen LogP contribution < -0.4 is 0 Å². The quantitative estimate of drug-likeness (QED) is 0.141. The van der Waals surface area contributed by atoms with E-state index in [-0.39, 0.29) is 50.5 Å². The highest BCUT2D eigenvalue weighted by Crippen LogP contribution is 2.48. The number of aromatic nitrogens is 4. The number of aryl methyl sites for hydroxylation is 1. The molecule has 0 aliphatic carbocycles. The third-order valence-electron chi connectivity index (χ3n) is 13.4. The van der Waals surface area contributed by atoms with Gasteiger partial charge in [0.25, 0.3) is 0 Å². The molecule has 0 unspecified atom stereocenters. The van der Waals surface area contributed by atoms with Crippen LogP contribution in [0, 0.1) is 29.6 Å². The fourth-order valence-electron chi connectivity index (χ4n) is 9.85. The van der Waals surface area contributed by atoms with Gasteiger partial charge in [-0.3, -0.25) is 0 Å². The summed E-state index contributed by atoms with van der Waals surface area (Å²) in [6, 6.07) is 54.3. The fraction of sp³-hybridized carbons (Fsp3) is 0.0635. The van der Waals surface area contributed by atoms with E-state index in [2.05, 4.69) is 12.1 Å². The molecule has 0 saturated heterocycles. The van der Waals surface area contributed by atoms with Gasteiger partial charge in [0.15, 0.2) is 17.5 Å². The van der Waals surface area contributed by atoms with Gasteiger partial charge in [-0.25, -0.2) is 15.0 Å². The topological polar surface area (TPSA) is 91.2 Å². The van der Waals surface area contributed by atoms with Crippen LogP contribution in [-0.4, -0.2) is 19.5 Å². The molecule has 9 aromatic carbocycles. The Balaban J connectivity index is 1.28. The van der Waals surface area contributed by atoms with Crippen LogP contribution in [0.4, 0.5) is 39.5 Å². The summed E-state index contributed by atoms with van der Waals surface area (Å²) in [6.45, 7) is 1.53. The largest absolute Gasteiger partial charge is 0.417 e. The van der Waals surface area contributed by atoms with Crippen LogP contribution in [0.3, 0.4) is 0 Å². The maximum absolute atomic E-state index is 14.9. The Morgan fingerprint density at radius 3 is 1.24 bits per heavy atom. The number of nitriles is 2. The molecule has 0 aliphatic heterocycles. The zero-order chi connectivity index (χ0) is 54.7. The lowest BCUT2D eigenvalue weighted by molar-refractivity contribution is -0.143. The van der Waals surface area contributed by atoms with Crippen molar-refractivity contribution in [1.29, 1.82) is 10.5 Å². The molecule has 0 fully saturated rings. The van der Waals surface area contributed by atoms with Crippen molar-refractivity contribution in [1.82, 2.24) is 19.5 Å². The molecule has 2 heterocycles. The lowest BCUT2D eigenvalue weighted by Crippen LogP contribution is -2.12. The van der Waals surface area contributed by atoms with Gasteiger partial charge >= 0.3 is 18.5 Å². The van der Waals surface area contributed by atoms with E-state index in [1.165, 1.54) is 49.4 Å². The summed E-state index contributed by atoms with van der Waals surface area (Å²) in [5, 5.41) is 21.1. The number of rotatable bonds is 8. The summed E-state index contributed by atoms with van der Waals surface area (Å²) in [6.07, 6.45) is -15.1. The van der Waals surface area contributed by atoms with E-state index >= 15 is 0 Å². The molecule has 15 heteroatoms. The van der Waals surface area contributed by atoms with Crippen molar-refractivity contribution in [2.45, 2.75) is 25.5 Å². The van der Waals surface area contributed by atoms with Crippen LogP contribution in [0.2, 0.25) is 0 Å². The second-order valence-electron chi connectivity index (χ2n) is 18.4. The van der Waals surface area contributed by atoms with Crippen LogP contribution in [0.25, 0.3) is 106 Å². The predicted octanol–water partition coefficient (Wildman–Crippen LogP) is 17.7. The van der Waals surface area contributed by atoms with Gasteiger partial charge in [0.1, 0.15) is 0 Å². The van der Waals surface area contributed by atoms with Gasteiger partial charge in [0.2, 0.25) is 0 Å². The van der Waals surface area contributed by atoms with E-state index in [1.807, 2.05) is 72.8 Å². The lowest BCUT2D eigenvalue weighted by atomic mass is 9.91. The van der Waals surface area contributed by atoms with Gasteiger partial charge in [-0.05, 0) is 119 Å². The second-order valence-corrected chi connectivity index (χ2v) is 18.4. The molecule has 0 spiro atoms. The summed E-state index contributed by atoms with van der Waals surface area (Å²) >= 11 is 0. The molecule has 0 amide bonds. The molecule has 0 atom stereocenters. The summed E-state index contributed by atoms with van der Waals surface area (Å²) in [5.41, 5.74) is 1.00. The second kappa shape index (κ2) is 19.4. The standard InChI is InChI=1S/C63H35F9N6/c1-36-18-22-47(53(26-36)62(67,68)69)43-19-24-55-51(29-43)52-30-44(48-23-21-46(61(64,65)66)33-54(48)63(70,71)72)20-25-56(52)78(55)57-49(41-16-8-10-37(27-41)34-73)31-45(32-50(57)42-17-9-11-38(28-42)35-74)60-76-58(39-12-4-2-5-13-39)75-59(77-60)40-14-6-3-7-15-40/h2-33H,1H3. The first kappa shape index (κ1) is 50.3. The number of nitrogens with zero attached hydrogens (tertiary/aromatic N) is 6. The first-order valence-corrected chi connectivity index (χ1v) is 24.0. The van der Waals surface area contributed by atoms with Gasteiger partial charge in [-0.2, -0.15) is 50.0 Å². The van der Waals surface area contributed by atoms with Gasteiger partial charge in [0, 0.05) is 38.6 Å². The highest BCUT2D eigenvalue weighted by molar-refractivity contribution is 6.13. The highest BCUT2D eigenvalue weighted by atomic mass is 19.4. The van der Waals surface area contributed by atoms with Crippen LogP contribution in [0.1, 0.15) is 33.4 Å². The van der Waals surface area contributed by atoms with Crippen molar-refractivity contribution in [2.24, 2.45) is 0 Å². The Hall–Kier alpha value is -9.86. The molecule has 2 aromatic heterocycles. The minimum Gasteiger partial charge on any atom is -0.308 e. The number of halogens is 9. The number of fused-ring (bicyclic) bond motifs is 3.